The number of sulfonamides is 1. The van der Waals surface area contributed by atoms with E-state index in [1.54, 1.807) is 30.9 Å². The lowest BCUT2D eigenvalue weighted by atomic mass is 10.1. The van der Waals surface area contributed by atoms with E-state index < -0.39 is 22.1 Å². The molecule has 1 atom stereocenters. The average molecular weight is 409 g/mol. The average Bonchev–Trinajstić information content (AvgIpc) is 3.23. The Labute approximate surface area is 166 Å². The number of carbonyl (C=O) groups excluding carboxylic acids is 2. The molecule has 2 saturated heterocycles. The molecule has 2 fully saturated rings. The molecule has 0 saturated carbocycles. The number of piperidine rings is 1. The quantitative estimate of drug-likeness (QED) is 0.698. The number of esters is 1. The molecular formula is C20H28N2O5S. The van der Waals surface area contributed by atoms with Crippen molar-refractivity contribution in [1.29, 1.82) is 0 Å². The van der Waals surface area contributed by atoms with Crippen LogP contribution in [0.3, 0.4) is 0 Å². The normalized spacial score (nSPS) is 19.4. The van der Waals surface area contributed by atoms with Crippen LogP contribution < -0.4 is 0 Å². The molecule has 1 aromatic rings. The molecule has 0 radical (unpaired) electrons. The van der Waals surface area contributed by atoms with E-state index in [2.05, 4.69) is 0 Å². The molecule has 2 aliphatic heterocycles. The molecule has 1 aromatic carbocycles. The van der Waals surface area contributed by atoms with E-state index in [1.807, 2.05) is 0 Å². The van der Waals surface area contributed by atoms with Gasteiger partial charge in [0.1, 0.15) is 0 Å². The van der Waals surface area contributed by atoms with Gasteiger partial charge in [0, 0.05) is 26.2 Å². The van der Waals surface area contributed by atoms with Gasteiger partial charge < -0.3 is 9.64 Å². The molecule has 8 heteroatoms. The van der Waals surface area contributed by atoms with Gasteiger partial charge in [-0.05, 0) is 57.2 Å². The number of carbonyl (C=O) groups is 2. The highest BCUT2D eigenvalue weighted by molar-refractivity contribution is 7.89. The molecule has 0 N–H and O–H groups in total. The summed E-state index contributed by atoms with van der Waals surface area (Å²) in [5.41, 5.74) is 0.727. The van der Waals surface area contributed by atoms with E-state index in [0.29, 0.717) is 31.7 Å². The molecule has 7 nitrogen and oxygen atoms in total. The third-order valence-electron chi connectivity index (χ3n) is 5.41. The zero-order chi connectivity index (χ0) is 20.3. The van der Waals surface area contributed by atoms with E-state index in [4.69, 9.17) is 4.74 Å². The van der Waals surface area contributed by atoms with Crippen molar-refractivity contribution in [3.8, 4) is 0 Å². The Morgan fingerprint density at radius 3 is 2.25 bits per heavy atom. The predicted molar refractivity (Wildman–Crippen MR) is 104 cm³/mol. The Bertz CT molecular complexity index is 840. The molecule has 0 spiro atoms. The zero-order valence-electron chi connectivity index (χ0n) is 16.5. The summed E-state index contributed by atoms with van der Waals surface area (Å²) in [5, 5.41) is 0. The lowest BCUT2D eigenvalue weighted by Crippen LogP contribution is -2.38. The maximum absolute atomic E-state index is 13.0. The van der Waals surface area contributed by atoms with Gasteiger partial charge in [0.2, 0.25) is 10.0 Å². The van der Waals surface area contributed by atoms with E-state index in [0.717, 1.165) is 32.1 Å². The summed E-state index contributed by atoms with van der Waals surface area (Å²) in [5.74, 6) is -0.894. The number of aryl methyl sites for hydroxylation is 1. The summed E-state index contributed by atoms with van der Waals surface area (Å²) in [7, 11) is -3.66. The maximum Gasteiger partial charge on any atom is 0.338 e. The van der Waals surface area contributed by atoms with Gasteiger partial charge in [0.05, 0.1) is 10.5 Å². The van der Waals surface area contributed by atoms with Crippen LogP contribution >= 0.6 is 0 Å². The molecule has 0 aromatic heterocycles. The summed E-state index contributed by atoms with van der Waals surface area (Å²) >= 11 is 0. The van der Waals surface area contributed by atoms with Gasteiger partial charge in [-0.15, -0.1) is 0 Å². The molecule has 28 heavy (non-hydrogen) atoms. The third kappa shape index (κ3) is 4.38. The number of nitrogens with zero attached hydrogens (tertiary/aromatic N) is 2. The number of hydrogen-bond donors (Lipinski definition) is 0. The lowest BCUT2D eigenvalue weighted by molar-refractivity contribution is -0.138. The molecule has 3 rings (SSSR count). The highest BCUT2D eigenvalue weighted by Gasteiger charge is 2.30. The van der Waals surface area contributed by atoms with Gasteiger partial charge in [-0.2, -0.15) is 4.31 Å². The first-order valence-electron chi connectivity index (χ1n) is 9.91. The fraction of sp³-hybridized carbons (Fsp3) is 0.600. The molecular weight excluding hydrogens is 380 g/mol. The Balaban J connectivity index is 1.76. The number of hydrogen-bond acceptors (Lipinski definition) is 5. The summed E-state index contributed by atoms with van der Waals surface area (Å²) in [6.07, 6.45) is 3.74. The topological polar surface area (TPSA) is 84.0 Å². The maximum atomic E-state index is 13.0. The fourth-order valence-electron chi connectivity index (χ4n) is 3.72. The van der Waals surface area contributed by atoms with Gasteiger partial charge >= 0.3 is 5.97 Å². The Kier molecular flexibility index (Phi) is 6.40. The van der Waals surface area contributed by atoms with Gasteiger partial charge in [-0.25, -0.2) is 13.2 Å². The highest BCUT2D eigenvalue weighted by atomic mass is 32.2. The first-order chi connectivity index (χ1) is 13.3. The molecule has 1 amide bonds. The molecule has 1 unspecified atom stereocenters. The first kappa shape index (κ1) is 20.8. The van der Waals surface area contributed by atoms with Crippen LogP contribution in [-0.2, 0) is 19.6 Å². The van der Waals surface area contributed by atoms with Crippen LogP contribution in [0.15, 0.2) is 23.1 Å². The van der Waals surface area contributed by atoms with Crippen molar-refractivity contribution in [2.75, 3.05) is 26.2 Å². The van der Waals surface area contributed by atoms with Crippen LogP contribution in [0, 0.1) is 6.92 Å². The van der Waals surface area contributed by atoms with Crippen molar-refractivity contribution in [2.24, 2.45) is 0 Å². The second-order valence-electron chi connectivity index (χ2n) is 7.52. The Hall–Kier alpha value is -1.93. The minimum atomic E-state index is -3.66. The van der Waals surface area contributed by atoms with Gasteiger partial charge in [0.15, 0.2) is 6.10 Å². The fourth-order valence-corrected chi connectivity index (χ4v) is 5.49. The molecule has 154 valence electrons. The summed E-state index contributed by atoms with van der Waals surface area (Å²) in [6.45, 7) is 5.63. The molecule has 2 heterocycles. The van der Waals surface area contributed by atoms with Crippen LogP contribution in [0.1, 0.15) is 54.9 Å². The zero-order valence-corrected chi connectivity index (χ0v) is 17.3. The SMILES string of the molecule is Cc1ccc(C(=O)OC(C)C(=O)N2CCCC2)cc1S(=O)(=O)N1CCCCC1. The van der Waals surface area contributed by atoms with E-state index in [1.165, 1.54) is 10.4 Å². The van der Waals surface area contributed by atoms with Crippen LogP contribution in [0.2, 0.25) is 0 Å². The van der Waals surface area contributed by atoms with Crippen molar-refractivity contribution < 1.29 is 22.7 Å². The van der Waals surface area contributed by atoms with E-state index in [9.17, 15) is 18.0 Å². The minimum Gasteiger partial charge on any atom is -0.449 e. The smallest absolute Gasteiger partial charge is 0.338 e. The predicted octanol–water partition coefficient (Wildman–Crippen LogP) is 2.34. The number of benzene rings is 1. The lowest BCUT2D eigenvalue weighted by Gasteiger charge is -2.26. The minimum absolute atomic E-state index is 0.127. The second-order valence-corrected chi connectivity index (χ2v) is 9.43. The molecule has 0 aliphatic carbocycles. The Morgan fingerprint density at radius 1 is 1.00 bits per heavy atom. The summed E-state index contributed by atoms with van der Waals surface area (Å²) < 4.78 is 32.8. The number of ether oxygens (including phenoxy) is 1. The second kappa shape index (κ2) is 8.61. The van der Waals surface area contributed by atoms with Crippen molar-refractivity contribution in [1.82, 2.24) is 9.21 Å². The number of amides is 1. The van der Waals surface area contributed by atoms with Crippen LogP contribution in [-0.4, -0.2) is 61.8 Å². The van der Waals surface area contributed by atoms with Crippen LogP contribution in [0.4, 0.5) is 0 Å². The van der Waals surface area contributed by atoms with Crippen LogP contribution in [0.25, 0.3) is 0 Å². The van der Waals surface area contributed by atoms with Crippen molar-refractivity contribution in [2.45, 2.75) is 57.0 Å². The number of rotatable bonds is 5. The van der Waals surface area contributed by atoms with Crippen LogP contribution in [0.5, 0.6) is 0 Å². The van der Waals surface area contributed by atoms with Gasteiger partial charge in [0.25, 0.3) is 5.91 Å². The first-order valence-corrected chi connectivity index (χ1v) is 11.4. The number of likely N-dealkylation sites (tertiary alicyclic amines) is 1. The monoisotopic (exact) mass is 408 g/mol. The van der Waals surface area contributed by atoms with Gasteiger partial charge in [-0.1, -0.05) is 12.5 Å². The van der Waals surface area contributed by atoms with Gasteiger partial charge in [-0.3, -0.25) is 4.79 Å². The van der Waals surface area contributed by atoms with E-state index in [-0.39, 0.29) is 16.4 Å². The van der Waals surface area contributed by atoms with Crippen molar-refractivity contribution in [3.05, 3.63) is 29.3 Å². The molecule has 0 bridgehead atoms. The third-order valence-corrected chi connectivity index (χ3v) is 7.45. The largest absolute Gasteiger partial charge is 0.449 e. The van der Waals surface area contributed by atoms with Crippen molar-refractivity contribution >= 4 is 21.9 Å². The molecule has 2 aliphatic rings. The standard InChI is InChI=1S/C20H28N2O5S/c1-15-8-9-17(14-18(15)28(25,26)22-12-4-3-5-13-22)20(24)27-16(2)19(23)21-10-6-7-11-21/h8-9,14,16H,3-7,10-13H2,1-2H3. The van der Waals surface area contributed by atoms with E-state index >= 15 is 0 Å². The highest BCUT2D eigenvalue weighted by Crippen LogP contribution is 2.25. The van der Waals surface area contributed by atoms with Crippen molar-refractivity contribution in [3.63, 3.8) is 0 Å². The summed E-state index contributed by atoms with van der Waals surface area (Å²) in [4.78, 5) is 26.7. The Morgan fingerprint density at radius 2 is 1.61 bits per heavy atom. The summed E-state index contributed by atoms with van der Waals surface area (Å²) in [6, 6.07) is 4.52.